The van der Waals surface area contributed by atoms with E-state index in [-0.39, 0.29) is 46.3 Å². The van der Waals surface area contributed by atoms with Crippen LogP contribution in [0.5, 0.6) is 0 Å². The monoisotopic (exact) mass is 337 g/mol. The number of hydrogen-bond donors (Lipinski definition) is 1. The molecule has 0 fully saturated rings. The molecule has 0 aromatic rings. The fourth-order valence-electron chi connectivity index (χ4n) is 1.64. The Balaban J connectivity index is 0. The number of aliphatic imine (C=N–C) groups is 1. The van der Waals surface area contributed by atoms with Gasteiger partial charge in [-0.3, -0.25) is 4.99 Å². The van der Waals surface area contributed by atoms with Gasteiger partial charge < -0.3 is 5.11 Å². The van der Waals surface area contributed by atoms with Gasteiger partial charge in [-0.2, -0.15) is 0 Å². The van der Waals surface area contributed by atoms with Crippen LogP contribution in [0.25, 0.3) is 0 Å². The number of nitrogens with zero attached hydrogens (tertiary/aromatic N) is 1. The van der Waals surface area contributed by atoms with Crippen LogP contribution in [0.3, 0.4) is 0 Å². The SMILES string of the molecule is CCCC(O)(C(C)=NCC)C(C)C.[Sm]. The van der Waals surface area contributed by atoms with Gasteiger partial charge in [-0.25, -0.2) is 0 Å². The molecular formula is C11H23NOSm. The van der Waals surface area contributed by atoms with Crippen molar-refractivity contribution in [2.45, 2.75) is 53.1 Å². The van der Waals surface area contributed by atoms with Gasteiger partial charge in [0.15, 0.2) is 0 Å². The van der Waals surface area contributed by atoms with Crippen molar-refractivity contribution in [3.63, 3.8) is 0 Å². The van der Waals surface area contributed by atoms with E-state index in [0.717, 1.165) is 25.1 Å². The summed E-state index contributed by atoms with van der Waals surface area (Å²) in [5, 5.41) is 10.4. The molecule has 1 unspecified atom stereocenters. The molecule has 1 atom stereocenters. The molecule has 0 spiro atoms. The van der Waals surface area contributed by atoms with Gasteiger partial charge in [-0.15, -0.1) is 0 Å². The number of hydrogen-bond acceptors (Lipinski definition) is 2. The standard InChI is InChI=1S/C11H23NO.Sm/c1-6-8-11(13,9(3)4)10(5)12-7-2;/h9,13H,6-8H2,1-5H3;. The van der Waals surface area contributed by atoms with Crippen LogP contribution < -0.4 is 0 Å². The maximum absolute atomic E-state index is 10.4. The minimum Gasteiger partial charge on any atom is -0.384 e. The van der Waals surface area contributed by atoms with E-state index in [0.29, 0.717) is 0 Å². The van der Waals surface area contributed by atoms with Crippen LogP contribution in [-0.2, 0) is 0 Å². The summed E-state index contributed by atoms with van der Waals surface area (Å²) in [5.74, 6) is 0.239. The molecule has 0 aliphatic rings. The first-order chi connectivity index (χ1) is 5.99. The van der Waals surface area contributed by atoms with Crippen molar-refractivity contribution in [1.29, 1.82) is 0 Å². The Labute approximate surface area is 121 Å². The number of rotatable bonds is 5. The van der Waals surface area contributed by atoms with E-state index in [9.17, 15) is 5.11 Å². The second-order valence-corrected chi connectivity index (χ2v) is 3.89. The van der Waals surface area contributed by atoms with Gasteiger partial charge in [0.2, 0.25) is 0 Å². The van der Waals surface area contributed by atoms with Crippen molar-refractivity contribution in [1.82, 2.24) is 0 Å². The first kappa shape index (κ1) is 17.4. The Morgan fingerprint density at radius 2 is 1.86 bits per heavy atom. The Hall–Kier alpha value is 0.968. The van der Waals surface area contributed by atoms with Gasteiger partial charge in [0.05, 0.1) is 0 Å². The molecule has 0 bridgehead atoms. The summed E-state index contributed by atoms with van der Waals surface area (Å²) < 4.78 is 0. The van der Waals surface area contributed by atoms with E-state index >= 15 is 0 Å². The molecule has 0 rings (SSSR count). The van der Waals surface area contributed by atoms with Crippen LogP contribution in [0.2, 0.25) is 0 Å². The summed E-state index contributed by atoms with van der Waals surface area (Å²) in [4.78, 5) is 4.30. The van der Waals surface area contributed by atoms with E-state index in [4.69, 9.17) is 0 Å². The quantitative estimate of drug-likeness (QED) is 0.770. The number of aliphatic hydroxyl groups is 1. The summed E-state index contributed by atoms with van der Waals surface area (Å²) in [6.07, 6.45) is 1.80. The molecule has 3 heteroatoms. The van der Waals surface area contributed by atoms with Crippen molar-refractivity contribution in [3.05, 3.63) is 0 Å². The van der Waals surface area contributed by atoms with Crippen molar-refractivity contribution < 1.29 is 45.5 Å². The van der Waals surface area contributed by atoms with Crippen molar-refractivity contribution in [3.8, 4) is 0 Å². The zero-order valence-corrected chi connectivity index (χ0v) is 12.6. The minimum absolute atomic E-state index is 0. The zero-order chi connectivity index (χ0) is 10.5. The molecule has 0 aromatic carbocycles. The second-order valence-electron chi connectivity index (χ2n) is 3.89. The third-order valence-electron chi connectivity index (χ3n) is 2.61. The molecule has 0 amide bonds. The third kappa shape index (κ3) is 4.66. The fourth-order valence-corrected chi connectivity index (χ4v) is 1.64. The molecule has 0 saturated carbocycles. The van der Waals surface area contributed by atoms with Gasteiger partial charge in [0.25, 0.3) is 0 Å². The van der Waals surface area contributed by atoms with E-state index in [1.807, 2.05) is 27.7 Å². The van der Waals surface area contributed by atoms with Crippen molar-refractivity contribution in [2.75, 3.05) is 6.54 Å². The van der Waals surface area contributed by atoms with Gasteiger partial charge in [-0.05, 0) is 26.2 Å². The Bertz CT molecular complexity index is 180. The molecule has 2 nitrogen and oxygen atoms in total. The van der Waals surface area contributed by atoms with Crippen LogP contribution in [-0.4, -0.2) is 23.0 Å². The van der Waals surface area contributed by atoms with E-state index < -0.39 is 5.60 Å². The minimum atomic E-state index is -0.690. The topological polar surface area (TPSA) is 32.6 Å². The molecule has 1 N–H and O–H groups in total. The van der Waals surface area contributed by atoms with E-state index in [1.165, 1.54) is 0 Å². The molecule has 84 valence electrons. The van der Waals surface area contributed by atoms with Gasteiger partial charge in [0, 0.05) is 52.6 Å². The predicted octanol–water partition coefficient (Wildman–Crippen LogP) is 2.65. The second kappa shape index (κ2) is 8.16. The van der Waals surface area contributed by atoms with Crippen LogP contribution in [0.4, 0.5) is 0 Å². The Morgan fingerprint density at radius 1 is 1.36 bits per heavy atom. The van der Waals surface area contributed by atoms with Crippen molar-refractivity contribution in [2.24, 2.45) is 10.9 Å². The van der Waals surface area contributed by atoms with Gasteiger partial charge in [0.1, 0.15) is 5.60 Å². The molecule has 0 aromatic heterocycles. The van der Waals surface area contributed by atoms with Gasteiger partial charge >= 0.3 is 0 Å². The van der Waals surface area contributed by atoms with E-state index in [2.05, 4.69) is 11.9 Å². The van der Waals surface area contributed by atoms with Crippen LogP contribution in [0.15, 0.2) is 4.99 Å². The maximum Gasteiger partial charge on any atom is 0.104 e. The largest absolute Gasteiger partial charge is 0.384 e. The first-order valence-corrected chi connectivity index (χ1v) is 5.22. The predicted molar refractivity (Wildman–Crippen MR) is 58.3 cm³/mol. The first-order valence-electron chi connectivity index (χ1n) is 5.22. The summed E-state index contributed by atoms with van der Waals surface area (Å²) in [6.45, 7) is 10.9. The van der Waals surface area contributed by atoms with Crippen molar-refractivity contribution >= 4 is 5.71 Å². The molecule has 0 heterocycles. The zero-order valence-electron chi connectivity index (χ0n) is 10.0. The molecular weight excluding hydrogens is 312 g/mol. The van der Waals surface area contributed by atoms with Crippen LogP contribution in [0, 0.1) is 46.3 Å². The van der Waals surface area contributed by atoms with Gasteiger partial charge in [-0.1, -0.05) is 27.2 Å². The smallest absolute Gasteiger partial charge is 0.104 e. The fraction of sp³-hybridized carbons (Fsp3) is 0.909. The Kier molecular flexibility index (Phi) is 10.1. The molecule has 0 aliphatic carbocycles. The molecule has 0 saturated heterocycles. The maximum atomic E-state index is 10.4. The summed E-state index contributed by atoms with van der Waals surface area (Å²) in [5.41, 5.74) is 0.192. The average molecular weight is 336 g/mol. The third-order valence-corrected chi connectivity index (χ3v) is 2.61. The Morgan fingerprint density at radius 3 is 2.14 bits per heavy atom. The van der Waals surface area contributed by atoms with E-state index in [1.54, 1.807) is 0 Å². The molecule has 0 radical (unpaired) electrons. The summed E-state index contributed by atoms with van der Waals surface area (Å²) >= 11 is 0. The molecule has 14 heavy (non-hydrogen) atoms. The van der Waals surface area contributed by atoms with Crippen LogP contribution >= 0.6 is 0 Å². The summed E-state index contributed by atoms with van der Waals surface area (Å²) in [6, 6.07) is 0. The normalized spacial score (nSPS) is 16.4. The van der Waals surface area contributed by atoms with Crippen LogP contribution in [0.1, 0.15) is 47.5 Å². The molecule has 0 aliphatic heterocycles. The summed E-state index contributed by atoms with van der Waals surface area (Å²) in [7, 11) is 0. The average Bonchev–Trinajstić information content (AvgIpc) is 2.04.